The number of nitrogens with zero attached hydrogens (tertiary/aromatic N) is 3. The Balaban J connectivity index is 1.35. The third-order valence-electron chi connectivity index (χ3n) is 6.43. The first-order chi connectivity index (χ1) is 16.3. The number of amides is 1. The highest BCUT2D eigenvalue weighted by Crippen LogP contribution is 2.37. The van der Waals surface area contributed by atoms with Crippen molar-refractivity contribution in [3.8, 4) is 16.9 Å². The van der Waals surface area contributed by atoms with Gasteiger partial charge in [0.05, 0.1) is 11.1 Å². The van der Waals surface area contributed by atoms with Crippen molar-refractivity contribution in [2.75, 3.05) is 31.9 Å². The summed E-state index contributed by atoms with van der Waals surface area (Å²) in [6.45, 7) is 5.35. The standard InChI is InChI=1S/C25H23Cl2FN4O2/c1-14(22-19(26)6-7-20(28)23(22)27)34-21-10-17(11-30-24(21)29)15-2-4-16(5-3-15)25(33)32-9-8-31-12-18(32)13-31/h2-7,10-11,14,18H,8-9,12-13H2,1H3,(H2,29,30). The van der Waals surface area contributed by atoms with Gasteiger partial charge >= 0.3 is 0 Å². The molecule has 2 aromatic carbocycles. The van der Waals surface area contributed by atoms with E-state index in [9.17, 15) is 9.18 Å². The van der Waals surface area contributed by atoms with Crippen molar-refractivity contribution in [2.45, 2.75) is 19.1 Å². The first-order valence-electron chi connectivity index (χ1n) is 11.0. The van der Waals surface area contributed by atoms with Gasteiger partial charge in [0.2, 0.25) is 0 Å². The lowest BCUT2D eigenvalue weighted by molar-refractivity contribution is -0.0144. The molecule has 0 spiro atoms. The molecule has 1 amide bonds. The minimum absolute atomic E-state index is 0.0630. The summed E-state index contributed by atoms with van der Waals surface area (Å²) >= 11 is 12.3. The van der Waals surface area contributed by atoms with E-state index < -0.39 is 11.9 Å². The number of pyridine rings is 1. The number of carbonyl (C=O) groups is 1. The second-order valence-electron chi connectivity index (χ2n) is 8.61. The van der Waals surface area contributed by atoms with E-state index in [4.69, 9.17) is 33.7 Å². The van der Waals surface area contributed by atoms with Crippen molar-refractivity contribution >= 4 is 34.9 Å². The largest absolute Gasteiger partial charge is 0.482 e. The summed E-state index contributed by atoms with van der Waals surface area (Å²) in [7, 11) is 0. The molecule has 4 heterocycles. The molecular formula is C25H23Cl2FN4O2. The van der Waals surface area contributed by atoms with E-state index in [1.54, 1.807) is 19.2 Å². The highest BCUT2D eigenvalue weighted by Gasteiger charge is 2.39. The monoisotopic (exact) mass is 500 g/mol. The molecule has 3 aromatic rings. The lowest BCUT2D eigenvalue weighted by Crippen LogP contribution is -2.67. The average molecular weight is 501 g/mol. The number of ether oxygens (including phenoxy) is 1. The molecular weight excluding hydrogens is 478 g/mol. The Labute approximate surface area is 207 Å². The number of nitrogen functional groups attached to an aromatic ring is 1. The fourth-order valence-corrected chi connectivity index (χ4v) is 5.14. The zero-order chi connectivity index (χ0) is 24.0. The van der Waals surface area contributed by atoms with Gasteiger partial charge in [-0.25, -0.2) is 9.37 Å². The van der Waals surface area contributed by atoms with E-state index >= 15 is 0 Å². The summed E-state index contributed by atoms with van der Waals surface area (Å²) in [5.74, 6) is -0.00620. The van der Waals surface area contributed by atoms with Gasteiger partial charge < -0.3 is 15.4 Å². The lowest BCUT2D eigenvalue weighted by Gasteiger charge is -2.51. The van der Waals surface area contributed by atoms with Crippen LogP contribution in [0.2, 0.25) is 10.0 Å². The van der Waals surface area contributed by atoms with Crippen LogP contribution in [0.25, 0.3) is 11.1 Å². The number of nitrogens with two attached hydrogens (primary N) is 1. The van der Waals surface area contributed by atoms with E-state index in [1.165, 1.54) is 12.1 Å². The molecule has 1 aromatic heterocycles. The molecule has 0 aliphatic carbocycles. The minimum atomic E-state index is -0.665. The van der Waals surface area contributed by atoms with Crippen molar-refractivity contribution in [1.29, 1.82) is 0 Å². The summed E-state index contributed by atoms with van der Waals surface area (Å²) in [5, 5.41) is 0.205. The highest BCUT2D eigenvalue weighted by molar-refractivity contribution is 6.36. The van der Waals surface area contributed by atoms with Gasteiger partial charge in [0.15, 0.2) is 11.6 Å². The van der Waals surface area contributed by atoms with Gasteiger partial charge in [-0.3, -0.25) is 9.69 Å². The molecule has 176 valence electrons. The molecule has 3 saturated heterocycles. The fourth-order valence-electron chi connectivity index (χ4n) is 4.46. The molecule has 3 fully saturated rings. The molecule has 1 atom stereocenters. The number of fused-ring (bicyclic) bond motifs is 2. The van der Waals surface area contributed by atoms with Crippen LogP contribution in [-0.4, -0.2) is 52.9 Å². The van der Waals surface area contributed by atoms with E-state index in [0.29, 0.717) is 27.9 Å². The minimum Gasteiger partial charge on any atom is -0.482 e. The second-order valence-corrected chi connectivity index (χ2v) is 9.40. The number of rotatable bonds is 5. The van der Waals surface area contributed by atoms with E-state index in [2.05, 4.69) is 9.88 Å². The third-order valence-corrected chi connectivity index (χ3v) is 7.15. The van der Waals surface area contributed by atoms with Crippen molar-refractivity contribution in [3.05, 3.63) is 75.7 Å². The Morgan fingerprint density at radius 3 is 2.56 bits per heavy atom. The Hall–Kier alpha value is -2.87. The molecule has 1 unspecified atom stereocenters. The lowest BCUT2D eigenvalue weighted by atomic mass is 10.00. The summed E-state index contributed by atoms with van der Waals surface area (Å²) in [5.41, 5.74) is 8.65. The summed E-state index contributed by atoms with van der Waals surface area (Å²) in [4.78, 5) is 21.5. The maximum absolute atomic E-state index is 13.9. The number of hydrogen-bond donors (Lipinski definition) is 1. The van der Waals surface area contributed by atoms with Gasteiger partial charge in [-0.15, -0.1) is 0 Å². The van der Waals surface area contributed by atoms with Crippen LogP contribution < -0.4 is 10.5 Å². The zero-order valence-corrected chi connectivity index (χ0v) is 20.0. The van der Waals surface area contributed by atoms with Crippen LogP contribution >= 0.6 is 23.2 Å². The maximum Gasteiger partial charge on any atom is 0.254 e. The molecule has 0 radical (unpaired) electrons. The van der Waals surface area contributed by atoms with Crippen molar-refractivity contribution in [3.63, 3.8) is 0 Å². The fraction of sp³-hybridized carbons (Fsp3) is 0.280. The number of piperazine rings is 2. The summed E-state index contributed by atoms with van der Waals surface area (Å²) < 4.78 is 19.9. The molecule has 34 heavy (non-hydrogen) atoms. The molecule has 3 aliphatic heterocycles. The number of halogens is 3. The van der Waals surface area contributed by atoms with Crippen LogP contribution in [0.4, 0.5) is 10.2 Å². The molecule has 2 bridgehead atoms. The number of benzene rings is 2. The summed E-state index contributed by atoms with van der Waals surface area (Å²) in [6, 6.07) is 12.1. The van der Waals surface area contributed by atoms with Gasteiger partial charge in [0, 0.05) is 54.1 Å². The zero-order valence-electron chi connectivity index (χ0n) is 18.5. The van der Waals surface area contributed by atoms with Gasteiger partial charge in [0.25, 0.3) is 5.91 Å². The second kappa shape index (κ2) is 9.06. The molecule has 3 aliphatic rings. The Kier molecular flexibility index (Phi) is 6.10. The smallest absolute Gasteiger partial charge is 0.254 e. The van der Waals surface area contributed by atoms with Crippen LogP contribution in [0.1, 0.15) is 28.9 Å². The first kappa shape index (κ1) is 22.9. The third kappa shape index (κ3) is 4.19. The maximum atomic E-state index is 13.9. The van der Waals surface area contributed by atoms with Crippen molar-refractivity contribution < 1.29 is 13.9 Å². The Bertz CT molecular complexity index is 1250. The molecule has 2 N–H and O–H groups in total. The quantitative estimate of drug-likeness (QED) is 0.495. The predicted molar refractivity (Wildman–Crippen MR) is 131 cm³/mol. The molecule has 6 nitrogen and oxygen atoms in total. The van der Waals surface area contributed by atoms with Crippen LogP contribution in [0.15, 0.2) is 48.7 Å². The first-order valence-corrected chi connectivity index (χ1v) is 11.8. The number of carbonyl (C=O) groups excluding carboxylic acids is 1. The Morgan fingerprint density at radius 2 is 1.88 bits per heavy atom. The molecule has 0 saturated carbocycles. The van der Waals surface area contributed by atoms with Gasteiger partial charge in [-0.05, 0) is 42.8 Å². The van der Waals surface area contributed by atoms with Gasteiger partial charge in [0.1, 0.15) is 11.9 Å². The van der Waals surface area contributed by atoms with Gasteiger partial charge in [-0.2, -0.15) is 0 Å². The van der Waals surface area contributed by atoms with E-state index in [1.807, 2.05) is 29.2 Å². The van der Waals surface area contributed by atoms with Crippen LogP contribution in [0, 0.1) is 5.82 Å². The summed E-state index contributed by atoms with van der Waals surface area (Å²) in [6.07, 6.45) is 0.974. The van der Waals surface area contributed by atoms with Crippen LogP contribution in [-0.2, 0) is 0 Å². The molecule has 9 heteroatoms. The SMILES string of the molecule is CC(Oc1cc(-c2ccc(C(=O)N3CCN4CC3C4)cc2)cnc1N)c1c(Cl)ccc(F)c1Cl. The normalized spacial score (nSPS) is 19.9. The van der Waals surface area contributed by atoms with E-state index in [0.717, 1.165) is 37.3 Å². The average Bonchev–Trinajstić information content (AvgIpc) is 2.82. The van der Waals surface area contributed by atoms with Gasteiger partial charge in [-0.1, -0.05) is 35.3 Å². The van der Waals surface area contributed by atoms with Crippen LogP contribution in [0.5, 0.6) is 5.75 Å². The van der Waals surface area contributed by atoms with Crippen molar-refractivity contribution in [1.82, 2.24) is 14.8 Å². The Morgan fingerprint density at radius 1 is 1.15 bits per heavy atom. The number of hydrogen-bond acceptors (Lipinski definition) is 5. The predicted octanol–water partition coefficient (Wildman–Crippen LogP) is 5.06. The molecule has 6 rings (SSSR count). The highest BCUT2D eigenvalue weighted by atomic mass is 35.5. The van der Waals surface area contributed by atoms with E-state index in [-0.39, 0.29) is 16.7 Å². The van der Waals surface area contributed by atoms with Crippen LogP contribution in [0.3, 0.4) is 0 Å². The van der Waals surface area contributed by atoms with Crippen molar-refractivity contribution in [2.24, 2.45) is 0 Å². The number of aromatic nitrogens is 1. The number of anilines is 1. The topological polar surface area (TPSA) is 71.7 Å².